The van der Waals surface area contributed by atoms with Crippen molar-refractivity contribution in [3.05, 3.63) is 27.9 Å². The lowest BCUT2D eigenvalue weighted by Crippen LogP contribution is -2.33. The van der Waals surface area contributed by atoms with Gasteiger partial charge < -0.3 is 10.3 Å². The maximum absolute atomic E-state index is 12.1. The third-order valence-electron chi connectivity index (χ3n) is 4.14. The Morgan fingerprint density at radius 3 is 2.83 bits per heavy atom. The summed E-state index contributed by atoms with van der Waals surface area (Å²) in [5.41, 5.74) is -0.791. The number of nitrogens with zero attached hydrogens (tertiary/aromatic N) is 3. The van der Waals surface area contributed by atoms with Gasteiger partial charge in [0.05, 0.1) is 0 Å². The number of aromatic nitrogens is 2. The number of terminal acetylenes is 1. The highest BCUT2D eigenvalue weighted by atomic mass is 16.2. The molecule has 2 N–H and O–H groups in total. The highest BCUT2D eigenvalue weighted by Gasteiger charge is 2.38. The molecule has 1 fully saturated rings. The summed E-state index contributed by atoms with van der Waals surface area (Å²) < 4.78 is 0. The molecule has 1 aromatic rings. The predicted molar refractivity (Wildman–Crippen MR) is 83.9 cm³/mol. The summed E-state index contributed by atoms with van der Waals surface area (Å²) in [5, 5.41) is 10.7. The normalized spacial score (nSPS) is 17.5. The maximum Gasteiger partial charge on any atom is 0.263 e. The first kappa shape index (κ1) is 15.4. The fraction of sp³-hybridized carbons (Fsp3) is 0.562. The first-order valence-electron chi connectivity index (χ1n) is 7.86. The monoisotopic (exact) mass is 313 g/mol. The third kappa shape index (κ3) is 4.03. The van der Waals surface area contributed by atoms with E-state index in [1.807, 2.05) is 0 Å². The molecule has 7 nitrogen and oxygen atoms in total. The molecule has 0 bridgehead atoms. The highest BCUT2D eigenvalue weighted by Crippen LogP contribution is 2.36. The quantitative estimate of drug-likeness (QED) is 0.710. The number of carbonyl (C=O) groups is 1. The second-order valence-corrected chi connectivity index (χ2v) is 6.11. The van der Waals surface area contributed by atoms with Crippen LogP contribution in [0.1, 0.15) is 48.3 Å². The molecule has 3 rings (SSSR count). The number of H-pyrrole nitrogens is 1. The van der Waals surface area contributed by atoms with Crippen molar-refractivity contribution < 1.29 is 4.79 Å². The number of carbonyl (C=O) groups excluding carboxylic acids is 1. The van der Waals surface area contributed by atoms with Crippen LogP contribution in [0.2, 0.25) is 0 Å². The van der Waals surface area contributed by atoms with Gasteiger partial charge in [-0.25, -0.2) is 4.98 Å². The summed E-state index contributed by atoms with van der Waals surface area (Å²) in [6.45, 7) is 0.389. The van der Waals surface area contributed by atoms with Gasteiger partial charge in [-0.3, -0.25) is 9.59 Å². The van der Waals surface area contributed by atoms with Crippen LogP contribution in [0.5, 0.6) is 0 Å². The van der Waals surface area contributed by atoms with Gasteiger partial charge in [-0.1, -0.05) is 0 Å². The van der Waals surface area contributed by atoms with Gasteiger partial charge in [0.2, 0.25) is 0 Å². The van der Waals surface area contributed by atoms with Crippen molar-refractivity contribution in [1.29, 1.82) is 0 Å². The van der Waals surface area contributed by atoms with Crippen LogP contribution in [0, 0.1) is 18.3 Å². The van der Waals surface area contributed by atoms with Gasteiger partial charge in [0.25, 0.3) is 11.5 Å². The Kier molecular flexibility index (Phi) is 4.24. The Morgan fingerprint density at radius 1 is 1.43 bits per heavy atom. The van der Waals surface area contributed by atoms with Gasteiger partial charge in [-0.2, -0.15) is 10.2 Å². The molecule has 2 aliphatic rings. The van der Waals surface area contributed by atoms with Crippen LogP contribution in [0.3, 0.4) is 0 Å². The molecule has 0 saturated heterocycles. The molecular weight excluding hydrogens is 294 g/mol. The lowest BCUT2D eigenvalue weighted by Gasteiger charge is -2.09. The van der Waals surface area contributed by atoms with Crippen molar-refractivity contribution in [2.24, 2.45) is 16.1 Å². The highest BCUT2D eigenvalue weighted by molar-refractivity contribution is 5.93. The average Bonchev–Trinajstić information content (AvgIpc) is 3.43. The van der Waals surface area contributed by atoms with E-state index in [1.54, 1.807) is 0 Å². The molecule has 1 amide bonds. The fourth-order valence-electron chi connectivity index (χ4n) is 2.43. The molecule has 7 heteroatoms. The smallest absolute Gasteiger partial charge is 0.263 e. The van der Waals surface area contributed by atoms with Crippen molar-refractivity contribution in [2.75, 3.05) is 6.54 Å². The van der Waals surface area contributed by atoms with Crippen LogP contribution >= 0.6 is 0 Å². The van der Waals surface area contributed by atoms with Crippen LogP contribution < -0.4 is 10.9 Å². The van der Waals surface area contributed by atoms with E-state index >= 15 is 0 Å². The van der Waals surface area contributed by atoms with Gasteiger partial charge in [-0.05, 0) is 18.8 Å². The first-order valence-corrected chi connectivity index (χ1v) is 7.86. The number of hydrogen-bond acceptors (Lipinski definition) is 5. The van der Waals surface area contributed by atoms with Crippen molar-refractivity contribution in [1.82, 2.24) is 15.3 Å². The molecule has 0 radical (unpaired) electrons. The molecule has 2 heterocycles. The summed E-state index contributed by atoms with van der Waals surface area (Å²) in [6, 6.07) is 0. The van der Waals surface area contributed by atoms with E-state index in [2.05, 4.69) is 31.4 Å². The molecule has 0 spiro atoms. The minimum absolute atomic E-state index is 0.0342. The van der Waals surface area contributed by atoms with Crippen LogP contribution in [-0.2, 0) is 6.42 Å². The number of hydrogen-bond donors (Lipinski definition) is 2. The van der Waals surface area contributed by atoms with E-state index in [-0.39, 0.29) is 5.56 Å². The van der Waals surface area contributed by atoms with Gasteiger partial charge in [0.15, 0.2) is 5.66 Å². The number of amides is 1. The number of aromatic amines is 1. The minimum Gasteiger partial charge on any atom is -0.352 e. The van der Waals surface area contributed by atoms with E-state index in [9.17, 15) is 9.59 Å². The van der Waals surface area contributed by atoms with E-state index in [1.165, 1.54) is 19.0 Å². The summed E-state index contributed by atoms with van der Waals surface area (Å²) in [4.78, 5) is 30.9. The maximum atomic E-state index is 12.1. The Bertz CT molecular complexity index is 721. The summed E-state index contributed by atoms with van der Waals surface area (Å²) in [5.74, 6) is 3.41. The van der Waals surface area contributed by atoms with Gasteiger partial charge in [0, 0.05) is 38.4 Å². The van der Waals surface area contributed by atoms with Crippen molar-refractivity contribution >= 4 is 5.91 Å². The molecule has 1 saturated carbocycles. The number of rotatable bonds is 8. The second-order valence-electron chi connectivity index (χ2n) is 6.11. The zero-order valence-electron chi connectivity index (χ0n) is 12.8. The predicted octanol–water partition coefficient (Wildman–Crippen LogP) is 1.42. The number of nitrogens with one attached hydrogen (secondary N) is 2. The molecule has 23 heavy (non-hydrogen) atoms. The summed E-state index contributed by atoms with van der Waals surface area (Å²) in [6.07, 6.45) is 11.6. The Morgan fingerprint density at radius 2 is 2.22 bits per heavy atom. The third-order valence-corrected chi connectivity index (χ3v) is 4.14. The molecular formula is C16H19N5O2. The molecule has 0 unspecified atom stereocenters. The molecule has 0 atom stereocenters. The van der Waals surface area contributed by atoms with E-state index in [0.29, 0.717) is 37.5 Å². The van der Waals surface area contributed by atoms with Crippen LogP contribution in [0.25, 0.3) is 0 Å². The second kappa shape index (κ2) is 6.32. The molecule has 0 aromatic carbocycles. The van der Waals surface area contributed by atoms with Gasteiger partial charge in [-0.15, -0.1) is 12.3 Å². The fourth-order valence-corrected chi connectivity index (χ4v) is 2.43. The zero-order chi connectivity index (χ0) is 16.3. The minimum atomic E-state index is -0.432. The average molecular weight is 313 g/mol. The van der Waals surface area contributed by atoms with E-state index in [0.717, 1.165) is 6.42 Å². The molecule has 1 aliphatic carbocycles. The SMILES string of the molecule is C#CCCC1(CCNC(=O)c2cnc(CC3CC3)[nH]c2=O)N=N1. The summed E-state index contributed by atoms with van der Waals surface area (Å²) in [7, 11) is 0. The molecule has 1 aromatic heterocycles. The van der Waals surface area contributed by atoms with Crippen LogP contribution in [0.4, 0.5) is 0 Å². The zero-order valence-corrected chi connectivity index (χ0v) is 12.8. The first-order chi connectivity index (χ1) is 11.1. The van der Waals surface area contributed by atoms with Gasteiger partial charge in [0.1, 0.15) is 11.4 Å². The van der Waals surface area contributed by atoms with E-state index in [4.69, 9.17) is 6.42 Å². The van der Waals surface area contributed by atoms with Crippen molar-refractivity contribution in [3.8, 4) is 12.3 Å². The largest absolute Gasteiger partial charge is 0.352 e. The molecule has 120 valence electrons. The van der Waals surface area contributed by atoms with Crippen molar-refractivity contribution in [3.63, 3.8) is 0 Å². The molecule has 1 aliphatic heterocycles. The van der Waals surface area contributed by atoms with E-state index < -0.39 is 17.1 Å². The van der Waals surface area contributed by atoms with Crippen molar-refractivity contribution in [2.45, 2.75) is 44.2 Å². The topological polar surface area (TPSA) is 99.6 Å². The summed E-state index contributed by atoms with van der Waals surface area (Å²) >= 11 is 0. The Balaban J connectivity index is 1.50. The Hall–Kier alpha value is -2.49. The van der Waals surface area contributed by atoms with Crippen LogP contribution in [-0.4, -0.2) is 28.1 Å². The lowest BCUT2D eigenvalue weighted by atomic mass is 10.0. The lowest BCUT2D eigenvalue weighted by molar-refractivity contribution is 0.0950. The van der Waals surface area contributed by atoms with Crippen LogP contribution in [0.15, 0.2) is 21.2 Å². The Labute approximate surface area is 134 Å². The van der Waals surface area contributed by atoms with Gasteiger partial charge >= 0.3 is 0 Å². The standard InChI is InChI=1S/C16H19N5O2/c1-2-3-6-16(20-21-16)7-8-17-14(22)12-10-18-13(19-15(12)23)9-11-4-5-11/h1,10-11H,3-9H2,(H,17,22)(H,18,19,23).